The first-order valence-corrected chi connectivity index (χ1v) is 7.16. The molecule has 0 bridgehead atoms. The molecule has 2 N–H and O–H groups in total. The highest BCUT2D eigenvalue weighted by Crippen LogP contribution is 2.34. The summed E-state index contributed by atoms with van der Waals surface area (Å²) in [6.07, 6.45) is 4.52. The van der Waals surface area contributed by atoms with E-state index in [1.807, 2.05) is 20.8 Å². The van der Waals surface area contributed by atoms with Crippen molar-refractivity contribution in [1.82, 2.24) is 10.6 Å². The first kappa shape index (κ1) is 13.7. The van der Waals surface area contributed by atoms with E-state index in [9.17, 15) is 4.79 Å². The van der Waals surface area contributed by atoms with Crippen LogP contribution in [0, 0.1) is 11.8 Å². The third-order valence-electron chi connectivity index (χ3n) is 3.98. The smallest absolute Gasteiger partial charge is 0.407 e. The number of ether oxygens (including phenoxy) is 1. The Bertz CT molecular complexity index is 297. The lowest BCUT2D eigenvalue weighted by atomic mass is 9.72. The number of carbonyl (C=O) groups excluding carboxylic acids is 1. The van der Waals surface area contributed by atoms with Crippen molar-refractivity contribution >= 4 is 6.09 Å². The van der Waals surface area contributed by atoms with Gasteiger partial charge in [-0.15, -0.1) is 0 Å². The van der Waals surface area contributed by atoms with Gasteiger partial charge in [0.25, 0.3) is 0 Å². The Balaban J connectivity index is 1.89. The molecule has 2 fully saturated rings. The van der Waals surface area contributed by atoms with Gasteiger partial charge >= 0.3 is 6.09 Å². The van der Waals surface area contributed by atoms with Gasteiger partial charge in [0.15, 0.2) is 0 Å². The molecule has 0 spiro atoms. The van der Waals surface area contributed by atoms with E-state index in [4.69, 9.17) is 4.74 Å². The number of piperidine rings is 1. The van der Waals surface area contributed by atoms with Gasteiger partial charge in [0.1, 0.15) is 5.60 Å². The van der Waals surface area contributed by atoms with Crippen LogP contribution in [0.1, 0.15) is 46.5 Å². The van der Waals surface area contributed by atoms with Crippen LogP contribution in [0.15, 0.2) is 0 Å². The fourth-order valence-corrected chi connectivity index (χ4v) is 3.24. The SMILES string of the molecule is CC(C)(C)OC(=O)NC1CCCC2CNCCC21. The van der Waals surface area contributed by atoms with Crippen LogP contribution >= 0.6 is 0 Å². The highest BCUT2D eigenvalue weighted by molar-refractivity contribution is 5.68. The first-order valence-electron chi connectivity index (χ1n) is 7.16. The molecule has 104 valence electrons. The summed E-state index contributed by atoms with van der Waals surface area (Å²) in [7, 11) is 0. The van der Waals surface area contributed by atoms with Crippen molar-refractivity contribution in [3.63, 3.8) is 0 Å². The lowest BCUT2D eigenvalue weighted by Crippen LogP contribution is -2.51. The van der Waals surface area contributed by atoms with Gasteiger partial charge in [-0.3, -0.25) is 0 Å². The molecule has 2 aliphatic rings. The molecule has 0 radical (unpaired) electrons. The van der Waals surface area contributed by atoms with Gasteiger partial charge in [0, 0.05) is 6.04 Å². The number of fused-ring (bicyclic) bond motifs is 1. The summed E-state index contributed by atoms with van der Waals surface area (Å²) in [6, 6.07) is 0.306. The monoisotopic (exact) mass is 254 g/mol. The number of amides is 1. The minimum absolute atomic E-state index is 0.258. The zero-order valence-corrected chi connectivity index (χ0v) is 11.8. The Morgan fingerprint density at radius 1 is 1.28 bits per heavy atom. The maximum absolute atomic E-state index is 11.9. The van der Waals surface area contributed by atoms with Gasteiger partial charge in [0.2, 0.25) is 0 Å². The summed E-state index contributed by atoms with van der Waals surface area (Å²) >= 11 is 0. The molecule has 0 aromatic heterocycles. The predicted octanol–water partition coefficient (Wildman–Crippen LogP) is 2.29. The Morgan fingerprint density at radius 3 is 2.78 bits per heavy atom. The average molecular weight is 254 g/mol. The van der Waals surface area contributed by atoms with Crippen molar-refractivity contribution in [2.24, 2.45) is 11.8 Å². The molecule has 1 aliphatic carbocycles. The van der Waals surface area contributed by atoms with E-state index in [0.29, 0.717) is 12.0 Å². The summed E-state index contributed by atoms with van der Waals surface area (Å²) in [4.78, 5) is 11.9. The van der Waals surface area contributed by atoms with Crippen molar-refractivity contribution in [2.75, 3.05) is 13.1 Å². The number of hydrogen-bond acceptors (Lipinski definition) is 3. The van der Waals surface area contributed by atoms with Gasteiger partial charge < -0.3 is 15.4 Å². The summed E-state index contributed by atoms with van der Waals surface area (Å²) < 4.78 is 5.35. The fraction of sp³-hybridized carbons (Fsp3) is 0.929. The highest BCUT2D eigenvalue weighted by Gasteiger charge is 2.36. The summed E-state index contributed by atoms with van der Waals surface area (Å²) in [5, 5.41) is 6.54. The van der Waals surface area contributed by atoms with Crippen LogP contribution < -0.4 is 10.6 Å². The number of rotatable bonds is 1. The zero-order chi connectivity index (χ0) is 13.2. The van der Waals surface area contributed by atoms with Crippen LogP contribution in [-0.2, 0) is 4.74 Å². The molecule has 3 atom stereocenters. The van der Waals surface area contributed by atoms with Crippen LogP contribution in [0.3, 0.4) is 0 Å². The first-order chi connectivity index (χ1) is 8.46. The van der Waals surface area contributed by atoms with Gasteiger partial charge in [0.05, 0.1) is 0 Å². The maximum atomic E-state index is 11.9. The van der Waals surface area contributed by atoms with Crippen molar-refractivity contribution in [2.45, 2.75) is 58.1 Å². The van der Waals surface area contributed by atoms with E-state index in [1.165, 1.54) is 19.3 Å². The molecule has 1 aliphatic heterocycles. The Morgan fingerprint density at radius 2 is 2.06 bits per heavy atom. The molecule has 1 saturated carbocycles. The number of nitrogens with one attached hydrogen (secondary N) is 2. The lowest BCUT2D eigenvalue weighted by Gasteiger charge is -2.41. The van der Waals surface area contributed by atoms with Crippen molar-refractivity contribution in [3.05, 3.63) is 0 Å². The minimum Gasteiger partial charge on any atom is -0.444 e. The Hall–Kier alpha value is -0.770. The summed E-state index contributed by atoms with van der Waals surface area (Å²) in [6.45, 7) is 7.90. The third kappa shape index (κ3) is 3.61. The van der Waals surface area contributed by atoms with Crippen molar-refractivity contribution < 1.29 is 9.53 Å². The van der Waals surface area contributed by atoms with Crippen LogP contribution in [0.25, 0.3) is 0 Å². The molecular formula is C14H26N2O2. The molecule has 3 unspecified atom stereocenters. The predicted molar refractivity (Wildman–Crippen MR) is 71.5 cm³/mol. The molecule has 1 amide bonds. The quantitative estimate of drug-likeness (QED) is 0.755. The highest BCUT2D eigenvalue weighted by atomic mass is 16.6. The van der Waals surface area contributed by atoms with E-state index in [-0.39, 0.29) is 6.09 Å². The number of alkyl carbamates (subject to hydrolysis) is 1. The van der Waals surface area contributed by atoms with E-state index in [0.717, 1.165) is 25.4 Å². The van der Waals surface area contributed by atoms with Crippen molar-refractivity contribution in [3.8, 4) is 0 Å². The molecule has 0 aromatic rings. The molecule has 1 saturated heterocycles. The van der Waals surface area contributed by atoms with E-state index in [1.54, 1.807) is 0 Å². The van der Waals surface area contributed by atoms with Crippen LogP contribution in [-0.4, -0.2) is 30.8 Å². The summed E-state index contributed by atoms with van der Waals surface area (Å²) in [5.74, 6) is 1.36. The molecule has 4 nitrogen and oxygen atoms in total. The normalized spacial score (nSPS) is 32.5. The van der Waals surface area contributed by atoms with Crippen LogP contribution in [0.4, 0.5) is 4.79 Å². The van der Waals surface area contributed by atoms with E-state index in [2.05, 4.69) is 10.6 Å². The third-order valence-corrected chi connectivity index (χ3v) is 3.98. The largest absolute Gasteiger partial charge is 0.444 e. The van der Waals surface area contributed by atoms with E-state index >= 15 is 0 Å². The standard InChI is InChI=1S/C14H26N2O2/c1-14(2,3)18-13(17)16-12-6-4-5-10-9-15-8-7-11(10)12/h10-12,15H,4-9H2,1-3H3,(H,16,17). The average Bonchev–Trinajstić information content (AvgIpc) is 2.27. The lowest BCUT2D eigenvalue weighted by molar-refractivity contribution is 0.0423. The topological polar surface area (TPSA) is 50.4 Å². The molecule has 1 heterocycles. The second-order valence-electron chi connectivity index (χ2n) is 6.60. The Labute approximate surface area is 110 Å². The van der Waals surface area contributed by atoms with Gasteiger partial charge in [-0.25, -0.2) is 4.79 Å². The van der Waals surface area contributed by atoms with E-state index < -0.39 is 5.60 Å². The second-order valence-corrected chi connectivity index (χ2v) is 6.60. The van der Waals surface area contributed by atoms with Gasteiger partial charge in [-0.05, 0) is 65.0 Å². The van der Waals surface area contributed by atoms with Crippen LogP contribution in [0.5, 0.6) is 0 Å². The van der Waals surface area contributed by atoms with Gasteiger partial charge in [-0.1, -0.05) is 6.42 Å². The molecular weight excluding hydrogens is 228 g/mol. The van der Waals surface area contributed by atoms with Crippen LogP contribution in [0.2, 0.25) is 0 Å². The number of hydrogen-bond donors (Lipinski definition) is 2. The molecule has 18 heavy (non-hydrogen) atoms. The molecule has 0 aromatic carbocycles. The van der Waals surface area contributed by atoms with Crippen molar-refractivity contribution in [1.29, 1.82) is 0 Å². The summed E-state index contributed by atoms with van der Waals surface area (Å²) in [5.41, 5.74) is -0.410. The number of carbonyl (C=O) groups is 1. The maximum Gasteiger partial charge on any atom is 0.407 e. The zero-order valence-electron chi connectivity index (χ0n) is 11.8. The second kappa shape index (κ2) is 5.47. The Kier molecular flexibility index (Phi) is 4.15. The van der Waals surface area contributed by atoms with Gasteiger partial charge in [-0.2, -0.15) is 0 Å². The minimum atomic E-state index is -0.410. The molecule has 4 heteroatoms. The fourth-order valence-electron chi connectivity index (χ4n) is 3.24. The molecule has 2 rings (SSSR count).